The third-order valence-electron chi connectivity index (χ3n) is 2.14. The fourth-order valence-electron chi connectivity index (χ4n) is 1.43. The van der Waals surface area contributed by atoms with Gasteiger partial charge in [-0.05, 0) is 13.3 Å². The number of hydrogen-bond donors (Lipinski definition) is 2. The van der Waals surface area contributed by atoms with Crippen molar-refractivity contribution in [3.63, 3.8) is 0 Å². The second-order valence-electron chi connectivity index (χ2n) is 3.51. The van der Waals surface area contributed by atoms with Gasteiger partial charge in [0.2, 0.25) is 0 Å². The minimum atomic E-state index is -0.0294. The van der Waals surface area contributed by atoms with Crippen molar-refractivity contribution in [2.24, 2.45) is 5.73 Å². The molecule has 1 rings (SSSR count). The minimum Gasteiger partial charge on any atom is -0.507 e. The van der Waals surface area contributed by atoms with Gasteiger partial charge in [0.1, 0.15) is 17.2 Å². The molecule has 0 heterocycles. The van der Waals surface area contributed by atoms with E-state index in [1.165, 1.54) is 0 Å². The third kappa shape index (κ3) is 2.76. The van der Waals surface area contributed by atoms with Gasteiger partial charge >= 0.3 is 0 Å². The van der Waals surface area contributed by atoms with E-state index in [1.54, 1.807) is 26.4 Å². The molecule has 0 amide bonds. The summed E-state index contributed by atoms with van der Waals surface area (Å²) in [5, 5.41) is 9.77. The van der Waals surface area contributed by atoms with Crippen LogP contribution in [0.2, 0.25) is 0 Å². The molecule has 0 aliphatic heterocycles. The van der Waals surface area contributed by atoms with Gasteiger partial charge in [0.05, 0.1) is 14.2 Å². The molecule has 0 bridgehead atoms. The number of nitrogens with two attached hydrogens (primary N) is 1. The predicted octanol–water partition coefficient (Wildman–Crippen LogP) is 1.30. The second-order valence-corrected chi connectivity index (χ2v) is 3.51. The van der Waals surface area contributed by atoms with E-state index in [0.717, 1.165) is 0 Å². The van der Waals surface area contributed by atoms with Crippen molar-refractivity contribution >= 4 is 0 Å². The zero-order chi connectivity index (χ0) is 11.4. The summed E-state index contributed by atoms with van der Waals surface area (Å²) in [4.78, 5) is 0. The van der Waals surface area contributed by atoms with Crippen LogP contribution in [0.4, 0.5) is 0 Å². The Hall–Kier alpha value is -1.42. The lowest BCUT2D eigenvalue weighted by molar-refractivity contribution is 0.378. The number of phenols is 1. The Morgan fingerprint density at radius 3 is 2.47 bits per heavy atom. The molecular weight excluding hydrogens is 194 g/mol. The first-order valence-electron chi connectivity index (χ1n) is 4.78. The summed E-state index contributed by atoms with van der Waals surface area (Å²) in [5.41, 5.74) is 6.41. The van der Waals surface area contributed by atoms with E-state index in [-0.39, 0.29) is 11.8 Å². The Balaban J connectivity index is 3.12. The molecule has 0 aliphatic rings. The van der Waals surface area contributed by atoms with Crippen molar-refractivity contribution in [2.75, 3.05) is 14.2 Å². The molecule has 0 fully saturated rings. The molecule has 0 aliphatic carbocycles. The Morgan fingerprint density at radius 1 is 1.33 bits per heavy atom. The first-order chi connectivity index (χ1) is 7.08. The molecule has 0 saturated heterocycles. The van der Waals surface area contributed by atoms with Crippen molar-refractivity contribution in [3.05, 3.63) is 17.7 Å². The van der Waals surface area contributed by atoms with Crippen LogP contribution < -0.4 is 15.2 Å². The van der Waals surface area contributed by atoms with Gasteiger partial charge in [-0.2, -0.15) is 0 Å². The van der Waals surface area contributed by atoms with Crippen LogP contribution in [-0.4, -0.2) is 25.4 Å². The van der Waals surface area contributed by atoms with Crippen LogP contribution in [0, 0.1) is 0 Å². The van der Waals surface area contributed by atoms with Crippen molar-refractivity contribution in [3.8, 4) is 17.2 Å². The summed E-state index contributed by atoms with van der Waals surface area (Å²) in [6, 6.07) is 3.26. The predicted molar refractivity (Wildman–Crippen MR) is 58.6 cm³/mol. The fourth-order valence-corrected chi connectivity index (χ4v) is 1.43. The van der Waals surface area contributed by atoms with Crippen molar-refractivity contribution < 1.29 is 14.6 Å². The van der Waals surface area contributed by atoms with Gasteiger partial charge in [-0.3, -0.25) is 0 Å². The van der Waals surface area contributed by atoms with E-state index in [0.29, 0.717) is 23.5 Å². The maximum absolute atomic E-state index is 9.77. The Labute approximate surface area is 89.6 Å². The first kappa shape index (κ1) is 11.7. The van der Waals surface area contributed by atoms with Crippen LogP contribution in [0.1, 0.15) is 12.5 Å². The molecule has 1 atom stereocenters. The number of aromatic hydroxyl groups is 1. The number of methoxy groups -OCH3 is 2. The highest BCUT2D eigenvalue weighted by atomic mass is 16.5. The lowest BCUT2D eigenvalue weighted by atomic mass is 10.0. The normalized spacial score (nSPS) is 12.3. The minimum absolute atomic E-state index is 0.0294. The standard InChI is InChI=1S/C11H17NO3/c1-7(12)4-9-10(13)5-8(14-2)6-11(9)15-3/h5-7,13H,4,12H2,1-3H3. The van der Waals surface area contributed by atoms with Crippen LogP contribution in [0.3, 0.4) is 0 Å². The van der Waals surface area contributed by atoms with E-state index < -0.39 is 0 Å². The molecule has 4 nitrogen and oxygen atoms in total. The van der Waals surface area contributed by atoms with E-state index in [4.69, 9.17) is 15.2 Å². The van der Waals surface area contributed by atoms with Crippen LogP contribution in [0.25, 0.3) is 0 Å². The largest absolute Gasteiger partial charge is 0.507 e. The number of phenolic OH excluding ortho intramolecular Hbond substituents is 1. The fraction of sp³-hybridized carbons (Fsp3) is 0.455. The molecule has 0 saturated carbocycles. The lowest BCUT2D eigenvalue weighted by Crippen LogP contribution is -2.18. The number of benzene rings is 1. The molecule has 15 heavy (non-hydrogen) atoms. The van der Waals surface area contributed by atoms with E-state index >= 15 is 0 Å². The highest BCUT2D eigenvalue weighted by molar-refractivity contribution is 5.50. The maximum Gasteiger partial charge on any atom is 0.129 e. The molecule has 1 aromatic rings. The molecule has 0 aromatic heterocycles. The van der Waals surface area contributed by atoms with Gasteiger partial charge in [-0.1, -0.05) is 0 Å². The van der Waals surface area contributed by atoms with Crippen molar-refractivity contribution in [2.45, 2.75) is 19.4 Å². The van der Waals surface area contributed by atoms with E-state index in [1.807, 2.05) is 6.92 Å². The molecule has 4 heteroatoms. The van der Waals surface area contributed by atoms with Gasteiger partial charge in [0.25, 0.3) is 0 Å². The Bertz CT molecular complexity index is 337. The lowest BCUT2D eigenvalue weighted by Gasteiger charge is -2.14. The van der Waals surface area contributed by atoms with Crippen LogP contribution in [0.5, 0.6) is 17.2 Å². The summed E-state index contributed by atoms with van der Waals surface area (Å²) in [7, 11) is 3.10. The average molecular weight is 211 g/mol. The summed E-state index contributed by atoms with van der Waals surface area (Å²) in [5.74, 6) is 1.32. The average Bonchev–Trinajstić information content (AvgIpc) is 2.20. The SMILES string of the molecule is COc1cc(O)c(CC(C)N)c(OC)c1. The van der Waals surface area contributed by atoms with Gasteiger partial charge < -0.3 is 20.3 Å². The quantitative estimate of drug-likeness (QED) is 0.787. The van der Waals surface area contributed by atoms with Gasteiger partial charge in [-0.25, -0.2) is 0 Å². The molecular formula is C11H17NO3. The number of rotatable bonds is 4. The molecule has 1 unspecified atom stereocenters. The summed E-state index contributed by atoms with van der Waals surface area (Å²) in [6.07, 6.45) is 0.568. The number of ether oxygens (including phenoxy) is 2. The Morgan fingerprint density at radius 2 is 2.00 bits per heavy atom. The van der Waals surface area contributed by atoms with Crippen LogP contribution >= 0.6 is 0 Å². The van der Waals surface area contributed by atoms with E-state index in [9.17, 15) is 5.11 Å². The highest BCUT2D eigenvalue weighted by Crippen LogP contribution is 2.33. The summed E-state index contributed by atoms with van der Waals surface area (Å²) < 4.78 is 10.2. The maximum atomic E-state index is 9.77. The van der Waals surface area contributed by atoms with Gasteiger partial charge in [0.15, 0.2) is 0 Å². The zero-order valence-electron chi connectivity index (χ0n) is 9.28. The van der Waals surface area contributed by atoms with Crippen molar-refractivity contribution in [1.82, 2.24) is 0 Å². The first-order valence-corrected chi connectivity index (χ1v) is 4.78. The molecule has 1 aromatic carbocycles. The molecule has 84 valence electrons. The van der Waals surface area contributed by atoms with Gasteiger partial charge in [0, 0.05) is 23.7 Å². The summed E-state index contributed by atoms with van der Waals surface area (Å²) >= 11 is 0. The summed E-state index contributed by atoms with van der Waals surface area (Å²) in [6.45, 7) is 1.88. The van der Waals surface area contributed by atoms with Crippen LogP contribution in [0.15, 0.2) is 12.1 Å². The Kier molecular flexibility index (Phi) is 3.80. The highest BCUT2D eigenvalue weighted by Gasteiger charge is 2.12. The van der Waals surface area contributed by atoms with Gasteiger partial charge in [-0.15, -0.1) is 0 Å². The topological polar surface area (TPSA) is 64.7 Å². The molecule has 0 radical (unpaired) electrons. The molecule has 0 spiro atoms. The zero-order valence-corrected chi connectivity index (χ0v) is 9.28. The van der Waals surface area contributed by atoms with Crippen molar-refractivity contribution in [1.29, 1.82) is 0 Å². The number of hydrogen-bond acceptors (Lipinski definition) is 4. The van der Waals surface area contributed by atoms with E-state index in [2.05, 4.69) is 0 Å². The van der Waals surface area contributed by atoms with Crippen LogP contribution in [-0.2, 0) is 6.42 Å². The monoisotopic (exact) mass is 211 g/mol. The second kappa shape index (κ2) is 4.89. The smallest absolute Gasteiger partial charge is 0.129 e. The third-order valence-corrected chi connectivity index (χ3v) is 2.14. The molecule has 3 N–H and O–H groups in total.